The molecule has 0 radical (unpaired) electrons. The summed E-state index contributed by atoms with van der Waals surface area (Å²) in [6.07, 6.45) is 5.28. The minimum absolute atomic E-state index is 0.183. The number of allylic oxidation sites excluding steroid dienone is 2. The van der Waals surface area contributed by atoms with Gasteiger partial charge in [-0.3, -0.25) is 19.3 Å². The van der Waals surface area contributed by atoms with Crippen LogP contribution >= 0.6 is 0 Å². The maximum absolute atomic E-state index is 13.0. The quantitative estimate of drug-likeness (QED) is 0.665. The number of benzene rings is 1. The number of rotatable bonds is 4. The van der Waals surface area contributed by atoms with Crippen molar-refractivity contribution in [2.45, 2.75) is 51.7 Å². The third kappa shape index (κ3) is 3.36. The van der Waals surface area contributed by atoms with E-state index in [0.29, 0.717) is 11.4 Å². The summed E-state index contributed by atoms with van der Waals surface area (Å²) in [4.78, 5) is 39.1. The molecule has 1 N–H and O–H groups in total. The smallest absolute Gasteiger partial charge is 0.307 e. The highest BCUT2D eigenvalue weighted by atomic mass is 16.5. The monoisotopic (exact) mass is 356 g/mol. The van der Waals surface area contributed by atoms with Crippen LogP contribution in [0.4, 0.5) is 11.4 Å². The number of ether oxygens (including phenoxy) is 1. The fourth-order valence-corrected chi connectivity index (χ4v) is 3.40. The van der Waals surface area contributed by atoms with Crippen LogP contribution in [-0.2, 0) is 19.1 Å². The molecular weight excluding hydrogens is 332 g/mol. The van der Waals surface area contributed by atoms with Gasteiger partial charge in [0.2, 0.25) is 5.91 Å². The minimum atomic E-state index is -1.08. The number of fused-ring (bicyclic) bond motifs is 1. The lowest BCUT2D eigenvalue weighted by Crippen LogP contribution is -2.60. The summed E-state index contributed by atoms with van der Waals surface area (Å²) in [5.74, 6) is -0.899. The Morgan fingerprint density at radius 3 is 2.77 bits per heavy atom. The van der Waals surface area contributed by atoms with Crippen molar-refractivity contribution >= 4 is 29.2 Å². The molecule has 2 atom stereocenters. The van der Waals surface area contributed by atoms with Crippen molar-refractivity contribution in [2.75, 3.05) is 10.2 Å². The van der Waals surface area contributed by atoms with Crippen LogP contribution in [-0.4, -0.2) is 29.4 Å². The van der Waals surface area contributed by atoms with E-state index in [-0.39, 0.29) is 18.2 Å². The lowest BCUT2D eigenvalue weighted by molar-refractivity contribution is -0.155. The van der Waals surface area contributed by atoms with Crippen molar-refractivity contribution in [3.63, 3.8) is 0 Å². The zero-order valence-electron chi connectivity index (χ0n) is 15.3. The summed E-state index contributed by atoms with van der Waals surface area (Å²) in [5.41, 5.74) is 0.0869. The molecule has 0 spiro atoms. The Hall–Kier alpha value is -2.63. The molecular formula is C20H24N2O4. The van der Waals surface area contributed by atoms with Crippen LogP contribution in [0.2, 0.25) is 0 Å². The largest absolute Gasteiger partial charge is 0.453 e. The summed E-state index contributed by atoms with van der Waals surface area (Å²) >= 11 is 0. The molecule has 0 aromatic heterocycles. The molecule has 3 rings (SSSR count). The Kier molecular flexibility index (Phi) is 4.85. The van der Waals surface area contributed by atoms with Gasteiger partial charge in [-0.15, -0.1) is 0 Å². The van der Waals surface area contributed by atoms with Gasteiger partial charge in [0.25, 0.3) is 5.91 Å². The van der Waals surface area contributed by atoms with Gasteiger partial charge in [0.05, 0.1) is 17.8 Å². The van der Waals surface area contributed by atoms with Crippen molar-refractivity contribution in [1.29, 1.82) is 0 Å². The molecule has 26 heavy (non-hydrogen) atoms. The van der Waals surface area contributed by atoms with Gasteiger partial charge in [-0.1, -0.05) is 24.3 Å². The summed E-state index contributed by atoms with van der Waals surface area (Å²) in [6, 6.07) is 7.10. The number of anilines is 2. The van der Waals surface area contributed by atoms with E-state index >= 15 is 0 Å². The first-order chi connectivity index (χ1) is 12.3. The molecule has 1 aromatic carbocycles. The Morgan fingerprint density at radius 1 is 1.35 bits per heavy atom. The van der Waals surface area contributed by atoms with Gasteiger partial charge in [0.1, 0.15) is 5.54 Å². The minimum Gasteiger partial charge on any atom is -0.453 e. The van der Waals surface area contributed by atoms with Gasteiger partial charge in [-0.25, -0.2) is 0 Å². The van der Waals surface area contributed by atoms with Gasteiger partial charge in [0.15, 0.2) is 6.10 Å². The van der Waals surface area contributed by atoms with Crippen LogP contribution in [0.5, 0.6) is 0 Å². The molecule has 1 aliphatic carbocycles. The first-order valence-corrected chi connectivity index (χ1v) is 8.91. The number of amides is 2. The molecule has 0 unspecified atom stereocenters. The number of carbonyl (C=O) groups is 3. The molecule has 0 saturated carbocycles. The summed E-state index contributed by atoms with van der Waals surface area (Å²) in [7, 11) is 0. The fraction of sp³-hybridized carbons (Fsp3) is 0.450. The molecule has 6 heteroatoms. The van der Waals surface area contributed by atoms with Gasteiger partial charge in [-0.2, -0.15) is 0 Å². The lowest BCUT2D eigenvalue weighted by Gasteiger charge is -2.42. The topological polar surface area (TPSA) is 75.7 Å². The second-order valence-corrected chi connectivity index (χ2v) is 7.31. The van der Waals surface area contributed by atoms with E-state index in [2.05, 4.69) is 11.4 Å². The summed E-state index contributed by atoms with van der Waals surface area (Å²) < 4.78 is 5.38. The predicted octanol–water partition coefficient (Wildman–Crippen LogP) is 3.04. The first-order valence-electron chi connectivity index (χ1n) is 8.91. The molecule has 6 nitrogen and oxygen atoms in total. The maximum atomic E-state index is 13.0. The summed E-state index contributed by atoms with van der Waals surface area (Å²) in [6.45, 7) is 4.90. The number of hydrogen-bond donors (Lipinski definition) is 1. The Labute approximate surface area is 153 Å². The highest BCUT2D eigenvalue weighted by Gasteiger charge is 2.45. The van der Waals surface area contributed by atoms with Crippen LogP contribution in [0.3, 0.4) is 0 Å². The van der Waals surface area contributed by atoms with E-state index in [1.807, 2.05) is 6.08 Å². The average molecular weight is 356 g/mol. The molecule has 1 aromatic rings. The molecule has 0 saturated heterocycles. The third-order valence-corrected chi connectivity index (χ3v) is 4.93. The van der Waals surface area contributed by atoms with Gasteiger partial charge in [0, 0.05) is 0 Å². The van der Waals surface area contributed by atoms with E-state index in [1.165, 1.54) is 4.90 Å². The van der Waals surface area contributed by atoms with Crippen molar-refractivity contribution < 1.29 is 19.1 Å². The second-order valence-electron chi connectivity index (χ2n) is 7.31. The number of esters is 1. The number of nitrogens with one attached hydrogen (secondary N) is 1. The van der Waals surface area contributed by atoms with Crippen molar-refractivity contribution in [3.05, 3.63) is 36.4 Å². The van der Waals surface area contributed by atoms with Gasteiger partial charge < -0.3 is 10.1 Å². The third-order valence-electron chi connectivity index (χ3n) is 4.93. The van der Waals surface area contributed by atoms with Gasteiger partial charge in [-0.05, 0) is 51.7 Å². The zero-order valence-corrected chi connectivity index (χ0v) is 15.3. The Bertz CT molecular complexity index is 769. The van der Waals surface area contributed by atoms with Gasteiger partial charge >= 0.3 is 5.97 Å². The van der Waals surface area contributed by atoms with E-state index in [0.717, 1.165) is 12.8 Å². The SMILES string of the molecule is C[C@H](OC(=O)C[C@@H]1C=CCC1)C(=O)N1c2ccccc2NC(=O)C1(C)C. The Morgan fingerprint density at radius 2 is 2.08 bits per heavy atom. The maximum Gasteiger partial charge on any atom is 0.307 e. The number of hydrogen-bond acceptors (Lipinski definition) is 4. The molecule has 0 bridgehead atoms. The zero-order chi connectivity index (χ0) is 18.9. The molecule has 0 fully saturated rings. The highest BCUT2D eigenvalue weighted by molar-refractivity contribution is 6.15. The lowest BCUT2D eigenvalue weighted by atomic mass is 9.95. The molecule has 1 heterocycles. The van der Waals surface area contributed by atoms with Crippen molar-refractivity contribution in [3.8, 4) is 0 Å². The molecule has 2 aliphatic rings. The predicted molar refractivity (Wildman–Crippen MR) is 98.7 cm³/mol. The number of carbonyl (C=O) groups excluding carboxylic acids is 3. The molecule has 2 amide bonds. The van der Waals surface area contributed by atoms with E-state index < -0.39 is 23.5 Å². The normalized spacial score (nSPS) is 21.7. The summed E-state index contributed by atoms with van der Waals surface area (Å²) in [5, 5.41) is 2.81. The average Bonchev–Trinajstić information content (AvgIpc) is 3.08. The van der Waals surface area contributed by atoms with Crippen molar-refractivity contribution in [2.24, 2.45) is 5.92 Å². The van der Waals surface area contributed by atoms with E-state index in [1.54, 1.807) is 45.0 Å². The van der Waals surface area contributed by atoms with Crippen LogP contribution in [0.1, 0.15) is 40.0 Å². The van der Waals surface area contributed by atoms with E-state index in [4.69, 9.17) is 4.74 Å². The molecule has 1 aliphatic heterocycles. The van der Waals surface area contributed by atoms with Crippen LogP contribution in [0, 0.1) is 5.92 Å². The van der Waals surface area contributed by atoms with Crippen LogP contribution in [0.25, 0.3) is 0 Å². The number of para-hydroxylation sites is 2. The van der Waals surface area contributed by atoms with E-state index in [9.17, 15) is 14.4 Å². The second kappa shape index (κ2) is 6.94. The van der Waals surface area contributed by atoms with Crippen molar-refractivity contribution in [1.82, 2.24) is 0 Å². The number of nitrogens with zero attached hydrogens (tertiary/aromatic N) is 1. The highest BCUT2D eigenvalue weighted by Crippen LogP contribution is 2.37. The van der Waals surface area contributed by atoms with Crippen LogP contribution < -0.4 is 10.2 Å². The fourth-order valence-electron chi connectivity index (χ4n) is 3.40. The Balaban J connectivity index is 1.77. The first kappa shape index (κ1) is 18.2. The molecule has 138 valence electrons. The standard InChI is InChI=1S/C20H24N2O4/c1-13(26-17(23)12-14-8-4-5-9-14)18(24)22-16-11-7-6-10-15(16)21-19(25)20(22,2)3/h4,6-8,10-11,13-14H,5,9,12H2,1-3H3,(H,21,25)/t13-,14+/m0/s1. The van der Waals surface area contributed by atoms with Crippen LogP contribution in [0.15, 0.2) is 36.4 Å².